The lowest BCUT2D eigenvalue weighted by Gasteiger charge is -2.39. The monoisotopic (exact) mass is 484 g/mol. The molecule has 1 aliphatic heterocycles. The van der Waals surface area contributed by atoms with Crippen molar-refractivity contribution in [2.45, 2.75) is 90.1 Å². The second-order valence-corrected chi connectivity index (χ2v) is 9.41. The van der Waals surface area contributed by atoms with E-state index in [1.54, 1.807) is 12.0 Å². The summed E-state index contributed by atoms with van der Waals surface area (Å²) in [6, 6.07) is 1.74. The van der Waals surface area contributed by atoms with E-state index in [1.807, 2.05) is 13.8 Å². The number of carbonyl (C=O) groups is 2. The first-order valence-electron chi connectivity index (χ1n) is 12.1. The first-order valence-corrected chi connectivity index (χ1v) is 12.1. The standard InChI is InChI=1S/C25H35F3N2O4/c1-16(2)30(18-10-6-5-7-11-18)24(32)19-14-21-22(15-20(19)25(26,27)28)34-17(3)23(31)29(21)12-8-9-13-33-4/h14-18H,5-13H2,1-4H3/t17-/m0/s1. The van der Waals surface area contributed by atoms with Gasteiger partial charge in [0.1, 0.15) is 5.75 Å². The van der Waals surface area contributed by atoms with Crippen molar-refractivity contribution >= 4 is 17.5 Å². The van der Waals surface area contributed by atoms with Gasteiger partial charge in [-0.25, -0.2) is 0 Å². The van der Waals surface area contributed by atoms with Crippen LogP contribution in [0.3, 0.4) is 0 Å². The SMILES string of the molecule is COCCCCN1C(=O)[C@H](C)Oc2cc(C(F)(F)F)c(C(=O)N(C(C)C)C3CCCCC3)cc21. The van der Waals surface area contributed by atoms with Crippen LogP contribution >= 0.6 is 0 Å². The Morgan fingerprint density at radius 2 is 1.88 bits per heavy atom. The number of fused-ring (bicyclic) bond motifs is 1. The van der Waals surface area contributed by atoms with E-state index in [1.165, 1.54) is 17.9 Å². The van der Waals surface area contributed by atoms with Gasteiger partial charge in [-0.1, -0.05) is 19.3 Å². The molecule has 0 unspecified atom stereocenters. The molecule has 1 heterocycles. The molecule has 9 heteroatoms. The van der Waals surface area contributed by atoms with E-state index in [4.69, 9.17) is 9.47 Å². The maximum atomic E-state index is 14.1. The number of rotatable bonds is 8. The first-order chi connectivity index (χ1) is 16.1. The molecule has 0 radical (unpaired) electrons. The van der Waals surface area contributed by atoms with E-state index in [0.717, 1.165) is 38.2 Å². The summed E-state index contributed by atoms with van der Waals surface area (Å²) in [6.45, 7) is 5.99. The van der Waals surface area contributed by atoms with Gasteiger partial charge in [0, 0.05) is 32.3 Å². The van der Waals surface area contributed by atoms with Crippen molar-refractivity contribution in [3.8, 4) is 5.75 Å². The molecule has 0 spiro atoms. The summed E-state index contributed by atoms with van der Waals surface area (Å²) in [7, 11) is 1.58. The number of carbonyl (C=O) groups excluding carboxylic acids is 2. The zero-order chi connectivity index (χ0) is 25.0. The highest BCUT2D eigenvalue weighted by atomic mass is 19.4. The van der Waals surface area contributed by atoms with Crippen molar-refractivity contribution in [1.29, 1.82) is 0 Å². The minimum Gasteiger partial charge on any atom is -0.479 e. The quantitative estimate of drug-likeness (QED) is 0.462. The maximum absolute atomic E-state index is 14.1. The van der Waals surface area contributed by atoms with Crippen molar-refractivity contribution in [3.05, 3.63) is 23.3 Å². The van der Waals surface area contributed by atoms with Gasteiger partial charge in [-0.2, -0.15) is 13.2 Å². The fraction of sp³-hybridized carbons (Fsp3) is 0.680. The predicted molar refractivity (Wildman–Crippen MR) is 123 cm³/mol. The van der Waals surface area contributed by atoms with Gasteiger partial charge in [0.05, 0.1) is 16.8 Å². The summed E-state index contributed by atoms with van der Waals surface area (Å²) in [5, 5.41) is 0. The lowest BCUT2D eigenvalue weighted by atomic mass is 9.92. The van der Waals surface area contributed by atoms with E-state index in [2.05, 4.69) is 0 Å². The van der Waals surface area contributed by atoms with Crippen LogP contribution in [0.4, 0.5) is 18.9 Å². The summed E-state index contributed by atoms with van der Waals surface area (Å²) in [6.07, 6.45) is 0.177. The molecule has 6 nitrogen and oxygen atoms in total. The Kier molecular flexibility index (Phi) is 8.49. The second kappa shape index (κ2) is 11.0. The predicted octanol–water partition coefficient (Wildman–Crippen LogP) is 5.43. The van der Waals surface area contributed by atoms with E-state index in [9.17, 15) is 22.8 Å². The van der Waals surface area contributed by atoms with Crippen LogP contribution < -0.4 is 9.64 Å². The van der Waals surface area contributed by atoms with Crippen LogP contribution in [0, 0.1) is 0 Å². The highest BCUT2D eigenvalue weighted by Gasteiger charge is 2.42. The summed E-state index contributed by atoms with van der Waals surface area (Å²) >= 11 is 0. The van der Waals surface area contributed by atoms with Crippen molar-refractivity contribution in [2.75, 3.05) is 25.2 Å². The van der Waals surface area contributed by atoms with Crippen LogP contribution in [0.5, 0.6) is 5.75 Å². The Balaban J connectivity index is 2.06. The number of unbranched alkanes of at least 4 members (excludes halogenated alkanes) is 1. The van der Waals surface area contributed by atoms with Gasteiger partial charge in [0.25, 0.3) is 11.8 Å². The molecule has 1 aromatic carbocycles. The van der Waals surface area contributed by atoms with Gasteiger partial charge < -0.3 is 19.3 Å². The Labute approximate surface area is 199 Å². The number of anilines is 1. The van der Waals surface area contributed by atoms with Gasteiger partial charge in [0.2, 0.25) is 0 Å². The van der Waals surface area contributed by atoms with Gasteiger partial charge in [-0.15, -0.1) is 0 Å². The molecular weight excluding hydrogens is 449 g/mol. The molecular formula is C25H35F3N2O4. The third-order valence-electron chi connectivity index (χ3n) is 6.58. The molecule has 1 fully saturated rings. The molecule has 0 aromatic heterocycles. The smallest absolute Gasteiger partial charge is 0.417 e. The Morgan fingerprint density at radius 1 is 1.21 bits per heavy atom. The van der Waals surface area contributed by atoms with Gasteiger partial charge >= 0.3 is 6.18 Å². The van der Waals surface area contributed by atoms with Crippen molar-refractivity contribution in [2.24, 2.45) is 0 Å². The molecule has 34 heavy (non-hydrogen) atoms. The largest absolute Gasteiger partial charge is 0.479 e. The summed E-state index contributed by atoms with van der Waals surface area (Å²) in [5.74, 6) is -1.02. The average molecular weight is 485 g/mol. The highest BCUT2D eigenvalue weighted by molar-refractivity contribution is 6.03. The molecule has 2 amide bonds. The molecule has 0 N–H and O–H groups in total. The molecule has 3 rings (SSSR count). The van der Waals surface area contributed by atoms with Gasteiger partial charge in [-0.05, 0) is 58.6 Å². The first kappa shape index (κ1) is 26.3. The minimum atomic E-state index is -4.74. The Bertz CT molecular complexity index is 882. The number of halogens is 3. The maximum Gasteiger partial charge on any atom is 0.417 e. The van der Waals surface area contributed by atoms with Crippen LogP contribution in [0.2, 0.25) is 0 Å². The summed E-state index contributed by atoms with van der Waals surface area (Å²) in [4.78, 5) is 29.5. The summed E-state index contributed by atoms with van der Waals surface area (Å²) < 4.78 is 53.0. The number of alkyl halides is 3. The van der Waals surface area contributed by atoms with E-state index >= 15 is 0 Å². The molecule has 1 atom stereocenters. The third kappa shape index (κ3) is 5.67. The van der Waals surface area contributed by atoms with Crippen LogP contribution in [-0.2, 0) is 15.7 Å². The average Bonchev–Trinajstić information content (AvgIpc) is 2.78. The fourth-order valence-corrected chi connectivity index (χ4v) is 4.93. The van der Waals surface area contributed by atoms with E-state index in [-0.39, 0.29) is 29.4 Å². The molecule has 2 aliphatic rings. The van der Waals surface area contributed by atoms with Crippen LogP contribution in [0.1, 0.15) is 81.6 Å². The normalized spacial score (nSPS) is 19.2. The van der Waals surface area contributed by atoms with Gasteiger partial charge in [-0.3, -0.25) is 9.59 Å². The molecule has 1 aliphatic carbocycles. The number of nitrogens with zero attached hydrogens (tertiary/aromatic N) is 2. The lowest BCUT2D eigenvalue weighted by molar-refractivity contribution is -0.138. The van der Waals surface area contributed by atoms with Crippen LogP contribution in [0.25, 0.3) is 0 Å². The van der Waals surface area contributed by atoms with Crippen molar-refractivity contribution in [1.82, 2.24) is 4.90 Å². The molecule has 190 valence electrons. The van der Waals surface area contributed by atoms with E-state index in [0.29, 0.717) is 26.0 Å². The molecule has 1 aromatic rings. The third-order valence-corrected chi connectivity index (χ3v) is 6.58. The van der Waals surface area contributed by atoms with Crippen LogP contribution in [-0.4, -0.2) is 55.2 Å². The van der Waals surface area contributed by atoms with Crippen LogP contribution in [0.15, 0.2) is 12.1 Å². The molecule has 1 saturated carbocycles. The zero-order valence-electron chi connectivity index (χ0n) is 20.4. The topological polar surface area (TPSA) is 59.1 Å². The Morgan fingerprint density at radius 3 is 2.47 bits per heavy atom. The van der Waals surface area contributed by atoms with Gasteiger partial charge in [0.15, 0.2) is 6.10 Å². The fourth-order valence-electron chi connectivity index (χ4n) is 4.93. The minimum absolute atomic E-state index is 0.0310. The van der Waals surface area contributed by atoms with Crippen molar-refractivity contribution < 1.29 is 32.2 Å². The number of benzene rings is 1. The number of methoxy groups -OCH3 is 1. The van der Waals surface area contributed by atoms with E-state index < -0.39 is 29.3 Å². The molecule has 0 saturated heterocycles. The van der Waals surface area contributed by atoms with Crippen molar-refractivity contribution in [3.63, 3.8) is 0 Å². The number of amides is 2. The second-order valence-electron chi connectivity index (χ2n) is 9.41. The number of ether oxygens (including phenoxy) is 2. The number of hydrogen-bond acceptors (Lipinski definition) is 4. The lowest BCUT2D eigenvalue weighted by Crippen LogP contribution is -2.47. The number of hydrogen-bond donors (Lipinski definition) is 0. The molecule has 0 bridgehead atoms. The summed E-state index contributed by atoms with van der Waals surface area (Å²) in [5.41, 5.74) is -1.25. The zero-order valence-corrected chi connectivity index (χ0v) is 20.4. The Hall–Kier alpha value is -2.29. The highest BCUT2D eigenvalue weighted by Crippen LogP contribution is 2.43.